The summed E-state index contributed by atoms with van der Waals surface area (Å²) in [7, 11) is 0. The van der Waals surface area contributed by atoms with Gasteiger partial charge in [-0.05, 0) is 31.6 Å². The molecule has 1 rings (SSSR count). The largest absolute Gasteiger partial charge is 0.480 e. The number of hydrogen-bond acceptors (Lipinski definition) is 2. The van der Waals surface area contributed by atoms with Crippen LogP contribution >= 0.6 is 0 Å². The summed E-state index contributed by atoms with van der Waals surface area (Å²) >= 11 is 0. The molecule has 0 aromatic heterocycles. The maximum Gasteiger partial charge on any atom is 0.329 e. The Labute approximate surface area is 107 Å². The number of carbonyl (C=O) groups excluding carboxylic acids is 1. The minimum Gasteiger partial charge on any atom is -0.480 e. The fraction of sp³-hybridized carbons (Fsp3) is 0.692. The fourth-order valence-corrected chi connectivity index (χ4v) is 2.36. The van der Waals surface area contributed by atoms with E-state index in [2.05, 4.69) is 23.5 Å². The highest BCUT2D eigenvalue weighted by atomic mass is 16.4. The molecule has 5 nitrogen and oxygen atoms in total. The van der Waals surface area contributed by atoms with Crippen LogP contribution in [-0.2, 0) is 4.79 Å². The lowest BCUT2D eigenvalue weighted by Crippen LogP contribution is -2.58. The summed E-state index contributed by atoms with van der Waals surface area (Å²) < 4.78 is 0. The van der Waals surface area contributed by atoms with Crippen molar-refractivity contribution in [1.29, 1.82) is 0 Å². The summed E-state index contributed by atoms with van der Waals surface area (Å²) in [5, 5.41) is 14.3. The maximum atomic E-state index is 11.5. The van der Waals surface area contributed by atoms with Gasteiger partial charge in [0.05, 0.1) is 6.54 Å². The Morgan fingerprint density at radius 3 is 2.50 bits per heavy atom. The van der Waals surface area contributed by atoms with Crippen LogP contribution in [0.3, 0.4) is 0 Å². The first-order valence-corrected chi connectivity index (χ1v) is 6.27. The number of hydrogen-bond donors (Lipinski definition) is 3. The molecule has 0 spiro atoms. The predicted molar refractivity (Wildman–Crippen MR) is 68.0 cm³/mol. The van der Waals surface area contributed by atoms with Crippen molar-refractivity contribution < 1.29 is 14.7 Å². The van der Waals surface area contributed by atoms with Crippen molar-refractivity contribution in [2.45, 2.75) is 44.6 Å². The molecule has 0 bridgehead atoms. The molecule has 5 heteroatoms. The summed E-state index contributed by atoms with van der Waals surface area (Å²) in [4.78, 5) is 22.9. The van der Waals surface area contributed by atoms with Gasteiger partial charge in [-0.25, -0.2) is 9.59 Å². The van der Waals surface area contributed by atoms with Gasteiger partial charge in [-0.3, -0.25) is 0 Å². The number of amides is 2. The van der Waals surface area contributed by atoms with Gasteiger partial charge in [0.25, 0.3) is 0 Å². The number of rotatable bonds is 4. The lowest BCUT2D eigenvalue weighted by Gasteiger charge is -2.37. The Morgan fingerprint density at radius 2 is 2.06 bits per heavy atom. The topological polar surface area (TPSA) is 78.4 Å². The molecule has 0 aromatic carbocycles. The third-order valence-electron chi connectivity index (χ3n) is 3.65. The van der Waals surface area contributed by atoms with E-state index in [1.807, 2.05) is 0 Å². The zero-order chi connectivity index (χ0) is 13.6. The van der Waals surface area contributed by atoms with Gasteiger partial charge in [-0.2, -0.15) is 0 Å². The Balaban J connectivity index is 2.63. The van der Waals surface area contributed by atoms with Crippen LogP contribution in [-0.4, -0.2) is 29.2 Å². The fourth-order valence-electron chi connectivity index (χ4n) is 2.36. The average molecular weight is 252 g/mol. The quantitative estimate of drug-likeness (QED) is 0.661. The molecule has 18 heavy (non-hydrogen) atoms. The summed E-state index contributed by atoms with van der Waals surface area (Å²) in [6.07, 6.45) is 8.70. The number of carboxylic acids is 1. The van der Waals surface area contributed by atoms with Crippen LogP contribution < -0.4 is 10.6 Å². The van der Waals surface area contributed by atoms with Crippen LogP contribution in [0.4, 0.5) is 4.79 Å². The third-order valence-corrected chi connectivity index (χ3v) is 3.65. The molecule has 1 aliphatic carbocycles. The van der Waals surface area contributed by atoms with E-state index in [0.29, 0.717) is 18.8 Å². The lowest BCUT2D eigenvalue weighted by molar-refractivity contribution is -0.146. The first kappa shape index (κ1) is 14.4. The second-order valence-electron chi connectivity index (χ2n) is 4.75. The molecule has 0 unspecified atom stereocenters. The van der Waals surface area contributed by atoms with Gasteiger partial charge >= 0.3 is 12.0 Å². The minimum absolute atomic E-state index is 0.0963. The molecule has 100 valence electrons. The Hall–Kier alpha value is -1.70. The zero-order valence-corrected chi connectivity index (χ0v) is 10.7. The molecular formula is C13H20N2O3. The molecule has 0 aliphatic heterocycles. The molecule has 0 radical (unpaired) electrons. The van der Waals surface area contributed by atoms with Crippen molar-refractivity contribution in [3.8, 4) is 12.3 Å². The number of urea groups is 1. The van der Waals surface area contributed by atoms with Gasteiger partial charge in [0.1, 0.15) is 5.54 Å². The van der Waals surface area contributed by atoms with Crippen molar-refractivity contribution in [1.82, 2.24) is 10.6 Å². The maximum absolute atomic E-state index is 11.5. The molecule has 1 saturated carbocycles. The van der Waals surface area contributed by atoms with Crippen LogP contribution in [0.2, 0.25) is 0 Å². The lowest BCUT2D eigenvalue weighted by atomic mass is 9.75. The number of carboxylic acid groups (broad SMARTS) is 1. The minimum atomic E-state index is -1.13. The highest BCUT2D eigenvalue weighted by Crippen LogP contribution is 2.33. The smallest absolute Gasteiger partial charge is 0.329 e. The first-order valence-electron chi connectivity index (χ1n) is 6.27. The second kappa shape index (κ2) is 6.29. The molecule has 1 fully saturated rings. The van der Waals surface area contributed by atoms with E-state index in [9.17, 15) is 14.7 Å². The summed E-state index contributed by atoms with van der Waals surface area (Å²) in [5.74, 6) is 1.87. The van der Waals surface area contributed by atoms with E-state index in [1.54, 1.807) is 0 Å². The molecule has 3 N–H and O–H groups in total. The van der Waals surface area contributed by atoms with Crippen LogP contribution in [0, 0.1) is 18.3 Å². The number of nitrogens with one attached hydrogen (secondary N) is 2. The van der Waals surface area contributed by atoms with Crippen molar-refractivity contribution in [3.05, 3.63) is 0 Å². The van der Waals surface area contributed by atoms with E-state index in [4.69, 9.17) is 6.42 Å². The summed E-state index contributed by atoms with van der Waals surface area (Å²) in [6.45, 7) is 2.20. The Bertz CT molecular complexity index is 352. The van der Waals surface area contributed by atoms with Crippen LogP contribution in [0.25, 0.3) is 0 Å². The number of terminal acetylenes is 1. The summed E-state index contributed by atoms with van der Waals surface area (Å²) in [5.41, 5.74) is -1.13. The van der Waals surface area contributed by atoms with Crippen LogP contribution in [0.1, 0.15) is 39.0 Å². The first-order chi connectivity index (χ1) is 8.54. The zero-order valence-electron chi connectivity index (χ0n) is 10.7. The van der Waals surface area contributed by atoms with Gasteiger partial charge in [0.2, 0.25) is 0 Å². The highest BCUT2D eigenvalue weighted by molar-refractivity contribution is 5.86. The van der Waals surface area contributed by atoms with Gasteiger partial charge in [0, 0.05) is 0 Å². The molecule has 1 aliphatic rings. The Kier molecular flexibility index (Phi) is 5.02. The molecule has 0 heterocycles. The van der Waals surface area contributed by atoms with Crippen molar-refractivity contribution in [3.63, 3.8) is 0 Å². The van der Waals surface area contributed by atoms with E-state index < -0.39 is 17.5 Å². The van der Waals surface area contributed by atoms with Crippen molar-refractivity contribution >= 4 is 12.0 Å². The SMILES string of the molecule is C#CCNC(=O)NC1(C(=O)O)CCC(CC)CC1. The predicted octanol–water partition coefficient (Wildman–Crippen LogP) is 1.34. The summed E-state index contributed by atoms with van der Waals surface area (Å²) in [6, 6.07) is -0.509. The van der Waals surface area contributed by atoms with E-state index in [1.165, 1.54) is 0 Å². The molecule has 0 atom stereocenters. The highest BCUT2D eigenvalue weighted by Gasteiger charge is 2.42. The molecule has 0 aromatic rings. The van der Waals surface area contributed by atoms with Gasteiger partial charge in [0.15, 0.2) is 0 Å². The normalized spacial score (nSPS) is 27.0. The molecule has 2 amide bonds. The van der Waals surface area contributed by atoms with Crippen LogP contribution in [0.5, 0.6) is 0 Å². The van der Waals surface area contributed by atoms with E-state index in [-0.39, 0.29) is 6.54 Å². The second-order valence-corrected chi connectivity index (χ2v) is 4.75. The van der Waals surface area contributed by atoms with Crippen LogP contribution in [0.15, 0.2) is 0 Å². The number of carbonyl (C=O) groups is 2. The van der Waals surface area contributed by atoms with E-state index in [0.717, 1.165) is 19.3 Å². The molecular weight excluding hydrogens is 232 g/mol. The third kappa shape index (κ3) is 3.39. The van der Waals surface area contributed by atoms with Crippen molar-refractivity contribution in [2.24, 2.45) is 5.92 Å². The number of aliphatic carboxylic acids is 1. The standard InChI is InChI=1S/C13H20N2O3/c1-3-9-14-12(18)15-13(11(16)17)7-5-10(4-2)6-8-13/h1,10H,4-9H2,2H3,(H,16,17)(H2,14,15,18). The van der Waals surface area contributed by atoms with Gasteiger partial charge < -0.3 is 15.7 Å². The van der Waals surface area contributed by atoms with E-state index >= 15 is 0 Å². The monoisotopic (exact) mass is 252 g/mol. The van der Waals surface area contributed by atoms with Gasteiger partial charge in [-0.15, -0.1) is 6.42 Å². The van der Waals surface area contributed by atoms with Crippen molar-refractivity contribution in [2.75, 3.05) is 6.54 Å². The van der Waals surface area contributed by atoms with Gasteiger partial charge in [-0.1, -0.05) is 19.3 Å². The average Bonchev–Trinajstić information content (AvgIpc) is 2.37. The molecule has 0 saturated heterocycles. The Morgan fingerprint density at radius 1 is 1.44 bits per heavy atom.